The van der Waals surface area contributed by atoms with E-state index in [1.165, 1.54) is 25.0 Å². The van der Waals surface area contributed by atoms with Crippen LogP contribution in [0.5, 0.6) is 0 Å². The quantitative estimate of drug-likeness (QED) is 0.777. The highest BCUT2D eigenvalue weighted by molar-refractivity contribution is 5.59. The SMILES string of the molecule is CCN(CC1CC1)c1ccc(F)cc1C#N. The zero-order valence-electron chi connectivity index (χ0n) is 9.41. The summed E-state index contributed by atoms with van der Waals surface area (Å²) in [6, 6.07) is 6.50. The molecule has 1 aromatic carbocycles. The minimum atomic E-state index is -0.345. The predicted octanol–water partition coefficient (Wildman–Crippen LogP) is 2.93. The van der Waals surface area contributed by atoms with E-state index in [9.17, 15) is 4.39 Å². The van der Waals surface area contributed by atoms with E-state index in [2.05, 4.69) is 17.9 Å². The average Bonchev–Trinajstić information content (AvgIpc) is 3.10. The number of rotatable bonds is 4. The van der Waals surface area contributed by atoms with Crippen LogP contribution in [0.25, 0.3) is 0 Å². The lowest BCUT2D eigenvalue weighted by Gasteiger charge is -2.24. The Morgan fingerprint density at radius 3 is 2.81 bits per heavy atom. The van der Waals surface area contributed by atoms with E-state index in [4.69, 9.17) is 5.26 Å². The Morgan fingerprint density at radius 1 is 1.50 bits per heavy atom. The van der Waals surface area contributed by atoms with Crippen molar-refractivity contribution in [2.24, 2.45) is 5.92 Å². The van der Waals surface area contributed by atoms with Crippen molar-refractivity contribution in [2.75, 3.05) is 18.0 Å². The molecule has 1 saturated carbocycles. The molecule has 0 amide bonds. The molecule has 16 heavy (non-hydrogen) atoms. The standard InChI is InChI=1S/C13H15FN2/c1-2-16(9-10-3-4-10)13-6-5-12(14)7-11(13)8-15/h5-7,10H,2-4,9H2,1H3. The Morgan fingerprint density at radius 2 is 2.25 bits per heavy atom. The first-order chi connectivity index (χ1) is 7.74. The molecule has 0 unspecified atom stereocenters. The summed E-state index contributed by atoms with van der Waals surface area (Å²) < 4.78 is 13.0. The van der Waals surface area contributed by atoms with Gasteiger partial charge < -0.3 is 4.90 Å². The topological polar surface area (TPSA) is 27.0 Å². The minimum absolute atomic E-state index is 0.345. The molecule has 2 nitrogen and oxygen atoms in total. The third kappa shape index (κ3) is 2.33. The molecule has 1 aromatic rings. The Hall–Kier alpha value is -1.56. The zero-order chi connectivity index (χ0) is 11.5. The van der Waals surface area contributed by atoms with E-state index in [0.29, 0.717) is 5.56 Å². The third-order valence-electron chi connectivity index (χ3n) is 2.98. The first-order valence-corrected chi connectivity index (χ1v) is 5.69. The largest absolute Gasteiger partial charge is 0.370 e. The van der Waals surface area contributed by atoms with Gasteiger partial charge in [-0.05, 0) is 43.9 Å². The summed E-state index contributed by atoms with van der Waals surface area (Å²) >= 11 is 0. The molecule has 0 radical (unpaired) electrons. The molecule has 1 fully saturated rings. The summed E-state index contributed by atoms with van der Waals surface area (Å²) in [6.07, 6.45) is 2.55. The molecule has 3 heteroatoms. The maximum atomic E-state index is 13.0. The number of nitriles is 1. The normalized spacial score (nSPS) is 14.6. The molecule has 0 aromatic heterocycles. The Kier molecular flexibility index (Phi) is 3.09. The van der Waals surface area contributed by atoms with Gasteiger partial charge in [-0.3, -0.25) is 0 Å². The highest BCUT2D eigenvalue weighted by Crippen LogP contribution is 2.32. The van der Waals surface area contributed by atoms with Gasteiger partial charge in [0.05, 0.1) is 11.3 Å². The van der Waals surface area contributed by atoms with Crippen LogP contribution in [0.4, 0.5) is 10.1 Å². The van der Waals surface area contributed by atoms with E-state index in [1.54, 1.807) is 6.07 Å². The molecule has 0 saturated heterocycles. The summed E-state index contributed by atoms with van der Waals surface area (Å²) in [5.41, 5.74) is 1.29. The summed E-state index contributed by atoms with van der Waals surface area (Å²) in [6.45, 7) is 3.90. The van der Waals surface area contributed by atoms with Gasteiger partial charge in [-0.2, -0.15) is 5.26 Å². The molecular weight excluding hydrogens is 203 g/mol. The maximum absolute atomic E-state index is 13.0. The molecule has 0 heterocycles. The summed E-state index contributed by atoms with van der Waals surface area (Å²) in [5, 5.41) is 8.99. The summed E-state index contributed by atoms with van der Waals surface area (Å²) in [5.74, 6) is 0.416. The zero-order valence-corrected chi connectivity index (χ0v) is 9.41. The first kappa shape index (κ1) is 10.9. The highest BCUT2D eigenvalue weighted by Gasteiger charge is 2.24. The number of hydrogen-bond acceptors (Lipinski definition) is 2. The van der Waals surface area contributed by atoms with Gasteiger partial charge in [0.1, 0.15) is 11.9 Å². The van der Waals surface area contributed by atoms with Crippen molar-refractivity contribution in [3.05, 3.63) is 29.6 Å². The molecule has 1 aliphatic carbocycles. The second-order valence-electron chi connectivity index (χ2n) is 4.26. The number of hydrogen-bond donors (Lipinski definition) is 0. The molecule has 0 aliphatic heterocycles. The van der Waals surface area contributed by atoms with Gasteiger partial charge in [-0.25, -0.2) is 4.39 Å². The molecule has 0 spiro atoms. The highest BCUT2D eigenvalue weighted by atomic mass is 19.1. The number of nitrogens with zero attached hydrogens (tertiary/aromatic N) is 2. The van der Waals surface area contributed by atoms with Crippen LogP contribution in [0.3, 0.4) is 0 Å². The van der Waals surface area contributed by atoms with Crippen molar-refractivity contribution >= 4 is 5.69 Å². The van der Waals surface area contributed by atoms with Crippen molar-refractivity contribution in [3.8, 4) is 6.07 Å². The van der Waals surface area contributed by atoms with Gasteiger partial charge in [-0.1, -0.05) is 0 Å². The van der Waals surface area contributed by atoms with Crippen LogP contribution in [-0.2, 0) is 0 Å². The van der Waals surface area contributed by atoms with Crippen LogP contribution in [-0.4, -0.2) is 13.1 Å². The number of halogens is 1. The van der Waals surface area contributed by atoms with Crippen LogP contribution in [0.15, 0.2) is 18.2 Å². The molecule has 1 aliphatic rings. The van der Waals surface area contributed by atoms with E-state index >= 15 is 0 Å². The van der Waals surface area contributed by atoms with Gasteiger partial charge in [0.15, 0.2) is 0 Å². The Labute approximate surface area is 95.3 Å². The second-order valence-corrected chi connectivity index (χ2v) is 4.26. The lowest BCUT2D eigenvalue weighted by Crippen LogP contribution is -2.26. The molecule has 0 bridgehead atoms. The van der Waals surface area contributed by atoms with Crippen LogP contribution in [0, 0.1) is 23.1 Å². The molecule has 84 valence electrons. The Balaban J connectivity index is 2.25. The monoisotopic (exact) mass is 218 g/mol. The van der Waals surface area contributed by atoms with Crippen molar-refractivity contribution in [1.82, 2.24) is 0 Å². The predicted molar refractivity (Wildman–Crippen MR) is 61.7 cm³/mol. The van der Waals surface area contributed by atoms with Crippen molar-refractivity contribution < 1.29 is 4.39 Å². The van der Waals surface area contributed by atoms with Gasteiger partial charge in [-0.15, -0.1) is 0 Å². The van der Waals surface area contributed by atoms with Crippen LogP contribution < -0.4 is 4.90 Å². The van der Waals surface area contributed by atoms with E-state index in [-0.39, 0.29) is 5.82 Å². The summed E-state index contributed by atoms with van der Waals surface area (Å²) in [7, 11) is 0. The van der Waals surface area contributed by atoms with Gasteiger partial charge in [0.25, 0.3) is 0 Å². The number of anilines is 1. The van der Waals surface area contributed by atoms with Gasteiger partial charge >= 0.3 is 0 Å². The van der Waals surface area contributed by atoms with Crippen LogP contribution in [0.1, 0.15) is 25.3 Å². The van der Waals surface area contributed by atoms with Gasteiger partial charge in [0, 0.05) is 13.1 Å². The second kappa shape index (κ2) is 4.52. The molecule has 2 rings (SSSR count). The van der Waals surface area contributed by atoms with Crippen molar-refractivity contribution in [1.29, 1.82) is 5.26 Å². The fraction of sp³-hybridized carbons (Fsp3) is 0.462. The fourth-order valence-corrected chi connectivity index (χ4v) is 1.88. The minimum Gasteiger partial charge on any atom is -0.370 e. The third-order valence-corrected chi connectivity index (χ3v) is 2.98. The molecular formula is C13H15FN2. The van der Waals surface area contributed by atoms with Crippen LogP contribution in [0.2, 0.25) is 0 Å². The fourth-order valence-electron chi connectivity index (χ4n) is 1.88. The van der Waals surface area contributed by atoms with Crippen molar-refractivity contribution in [3.63, 3.8) is 0 Å². The average molecular weight is 218 g/mol. The Bertz CT molecular complexity index is 418. The molecule has 0 atom stereocenters. The van der Waals surface area contributed by atoms with E-state index in [1.807, 2.05) is 0 Å². The lowest BCUT2D eigenvalue weighted by atomic mass is 10.1. The molecule has 0 N–H and O–H groups in total. The maximum Gasteiger partial charge on any atom is 0.124 e. The lowest BCUT2D eigenvalue weighted by molar-refractivity contribution is 0.626. The summed E-state index contributed by atoms with van der Waals surface area (Å²) in [4.78, 5) is 2.16. The van der Waals surface area contributed by atoms with Crippen LogP contribution >= 0.6 is 0 Å². The van der Waals surface area contributed by atoms with Gasteiger partial charge in [0.2, 0.25) is 0 Å². The van der Waals surface area contributed by atoms with E-state index in [0.717, 1.165) is 24.7 Å². The smallest absolute Gasteiger partial charge is 0.124 e. The first-order valence-electron chi connectivity index (χ1n) is 5.69. The van der Waals surface area contributed by atoms with E-state index < -0.39 is 0 Å². The number of benzene rings is 1. The van der Waals surface area contributed by atoms with Crippen molar-refractivity contribution in [2.45, 2.75) is 19.8 Å².